The van der Waals surface area contributed by atoms with Gasteiger partial charge in [0.1, 0.15) is 21.4 Å². The lowest BCUT2D eigenvalue weighted by molar-refractivity contribution is -0.117. The zero-order valence-electron chi connectivity index (χ0n) is 18.3. The summed E-state index contributed by atoms with van der Waals surface area (Å²) in [6.45, 7) is 1.95. The average molecular weight is 481 g/mol. The summed E-state index contributed by atoms with van der Waals surface area (Å²) in [6, 6.07) is 27.7. The van der Waals surface area contributed by atoms with Crippen LogP contribution in [-0.4, -0.2) is 21.9 Å². The number of fused-ring (bicyclic) bond motifs is 3. The Morgan fingerprint density at radius 3 is 2.24 bits per heavy atom. The van der Waals surface area contributed by atoms with Gasteiger partial charge in [0, 0.05) is 27.2 Å². The molecular formula is C27H20N4OS2. The molecule has 3 aromatic carbocycles. The second-order valence-corrected chi connectivity index (χ2v) is 10.1. The molecule has 2 aromatic heterocycles. The lowest BCUT2D eigenvalue weighted by atomic mass is 10.1. The van der Waals surface area contributed by atoms with Crippen LogP contribution < -0.4 is 10.2 Å². The first-order valence-corrected chi connectivity index (χ1v) is 12.6. The number of pyridine rings is 1. The second kappa shape index (κ2) is 8.59. The van der Waals surface area contributed by atoms with Gasteiger partial charge in [0.05, 0.1) is 11.4 Å². The number of aromatic nitrogens is 2. The summed E-state index contributed by atoms with van der Waals surface area (Å²) in [7, 11) is 0. The molecule has 1 aliphatic heterocycles. The van der Waals surface area contributed by atoms with E-state index in [0.29, 0.717) is 0 Å². The van der Waals surface area contributed by atoms with Crippen LogP contribution in [0, 0.1) is 0 Å². The van der Waals surface area contributed by atoms with Gasteiger partial charge in [0.15, 0.2) is 0 Å². The molecule has 0 saturated carbocycles. The first-order valence-electron chi connectivity index (χ1n) is 11.0. The number of carbonyl (C=O) groups is 1. The molecule has 0 radical (unpaired) electrons. The van der Waals surface area contributed by atoms with Crippen molar-refractivity contribution in [3.8, 4) is 10.6 Å². The molecule has 5 aromatic rings. The van der Waals surface area contributed by atoms with Crippen LogP contribution in [0.1, 0.15) is 6.92 Å². The number of hydrogen-bond acceptors (Lipinski definition) is 6. The quantitative estimate of drug-likeness (QED) is 0.300. The summed E-state index contributed by atoms with van der Waals surface area (Å²) in [4.78, 5) is 27.7. The van der Waals surface area contributed by atoms with Gasteiger partial charge in [-0.15, -0.1) is 0 Å². The van der Waals surface area contributed by atoms with E-state index in [1.807, 2.05) is 67.6 Å². The Hall–Kier alpha value is -3.68. The molecule has 0 aliphatic carbocycles. The fourth-order valence-corrected chi connectivity index (χ4v) is 6.09. The van der Waals surface area contributed by atoms with Gasteiger partial charge in [-0.25, -0.2) is 9.97 Å². The molecule has 5 nitrogen and oxygen atoms in total. The highest BCUT2D eigenvalue weighted by molar-refractivity contribution is 7.99. The van der Waals surface area contributed by atoms with Crippen molar-refractivity contribution in [2.24, 2.45) is 0 Å². The molecule has 34 heavy (non-hydrogen) atoms. The monoisotopic (exact) mass is 480 g/mol. The molecule has 166 valence electrons. The molecule has 1 N–H and O–H groups in total. The van der Waals surface area contributed by atoms with Crippen molar-refractivity contribution >= 4 is 56.4 Å². The molecule has 1 unspecified atom stereocenters. The predicted molar refractivity (Wildman–Crippen MR) is 140 cm³/mol. The van der Waals surface area contributed by atoms with E-state index in [-0.39, 0.29) is 5.91 Å². The first kappa shape index (κ1) is 20.9. The zero-order chi connectivity index (χ0) is 23.1. The Labute approximate surface area is 205 Å². The van der Waals surface area contributed by atoms with Crippen LogP contribution in [-0.2, 0) is 4.79 Å². The van der Waals surface area contributed by atoms with Crippen LogP contribution in [0.3, 0.4) is 0 Å². The van der Waals surface area contributed by atoms with Crippen LogP contribution in [0.2, 0.25) is 0 Å². The number of benzene rings is 3. The van der Waals surface area contributed by atoms with Gasteiger partial charge in [0.2, 0.25) is 5.91 Å². The molecular weight excluding hydrogens is 460 g/mol. The average Bonchev–Trinajstić information content (AvgIpc) is 3.31. The number of rotatable bonds is 4. The summed E-state index contributed by atoms with van der Waals surface area (Å²) in [6.07, 6.45) is 1.78. The molecule has 0 fully saturated rings. The van der Waals surface area contributed by atoms with Crippen LogP contribution >= 0.6 is 23.1 Å². The Balaban J connectivity index is 1.24. The van der Waals surface area contributed by atoms with E-state index in [1.54, 1.807) is 29.3 Å². The number of anilines is 3. The number of nitrogens with one attached hydrogen (secondary N) is 1. The van der Waals surface area contributed by atoms with Gasteiger partial charge in [-0.3, -0.25) is 4.79 Å². The highest BCUT2D eigenvalue weighted by Crippen LogP contribution is 2.48. The number of amides is 1. The number of hydrogen-bond donors (Lipinski definition) is 1. The predicted octanol–water partition coefficient (Wildman–Crippen LogP) is 6.99. The van der Waals surface area contributed by atoms with Crippen molar-refractivity contribution in [3.05, 3.63) is 91.1 Å². The van der Waals surface area contributed by atoms with Gasteiger partial charge in [-0.1, -0.05) is 47.4 Å². The maximum atomic E-state index is 13.3. The van der Waals surface area contributed by atoms with Gasteiger partial charge < -0.3 is 10.2 Å². The molecule has 3 heterocycles. The normalized spacial score (nSPS) is 13.3. The third kappa shape index (κ3) is 3.73. The minimum absolute atomic E-state index is 0.0616. The topological polar surface area (TPSA) is 58.1 Å². The van der Waals surface area contributed by atoms with Crippen molar-refractivity contribution in [1.29, 1.82) is 0 Å². The van der Waals surface area contributed by atoms with E-state index in [2.05, 4.69) is 44.5 Å². The SMILES string of the molecule is CC(C(=O)Nc1ccc(-c2nc3cccnc3s2)cc1)N1c2ccccc2Sc2ccccc21. The van der Waals surface area contributed by atoms with Crippen LogP contribution in [0.5, 0.6) is 0 Å². The molecule has 1 amide bonds. The summed E-state index contributed by atoms with van der Waals surface area (Å²) >= 11 is 3.30. The van der Waals surface area contributed by atoms with Crippen LogP contribution in [0.25, 0.3) is 20.9 Å². The molecule has 0 spiro atoms. The Morgan fingerprint density at radius 1 is 0.882 bits per heavy atom. The van der Waals surface area contributed by atoms with Crippen molar-refractivity contribution in [3.63, 3.8) is 0 Å². The minimum atomic E-state index is -0.391. The number of thiazole rings is 1. The van der Waals surface area contributed by atoms with Crippen LogP contribution in [0.15, 0.2) is 101 Å². The molecule has 6 rings (SSSR count). The van der Waals surface area contributed by atoms with Gasteiger partial charge in [-0.2, -0.15) is 0 Å². The molecule has 1 atom stereocenters. The summed E-state index contributed by atoms with van der Waals surface area (Å²) in [5, 5.41) is 4.00. The van der Waals surface area contributed by atoms with E-state index in [0.717, 1.165) is 47.8 Å². The Kier molecular flexibility index (Phi) is 5.28. The van der Waals surface area contributed by atoms with E-state index in [9.17, 15) is 4.79 Å². The van der Waals surface area contributed by atoms with Gasteiger partial charge in [-0.05, 0) is 67.6 Å². The zero-order valence-corrected chi connectivity index (χ0v) is 19.9. The largest absolute Gasteiger partial charge is 0.327 e. The van der Waals surface area contributed by atoms with E-state index in [4.69, 9.17) is 0 Å². The van der Waals surface area contributed by atoms with Crippen molar-refractivity contribution in [2.45, 2.75) is 22.8 Å². The Bertz CT molecular complexity index is 1430. The molecule has 7 heteroatoms. The molecule has 1 aliphatic rings. The first-order chi connectivity index (χ1) is 16.7. The van der Waals surface area contributed by atoms with E-state index >= 15 is 0 Å². The Morgan fingerprint density at radius 2 is 1.56 bits per heavy atom. The summed E-state index contributed by atoms with van der Waals surface area (Å²) in [5.41, 5.74) is 4.76. The maximum Gasteiger partial charge on any atom is 0.247 e. The fourth-order valence-electron chi connectivity index (χ4n) is 4.10. The second-order valence-electron chi connectivity index (χ2n) is 8.00. The number of nitrogens with zero attached hydrogens (tertiary/aromatic N) is 3. The third-order valence-corrected chi connectivity index (χ3v) is 7.96. The highest BCUT2D eigenvalue weighted by atomic mass is 32.2. The summed E-state index contributed by atoms with van der Waals surface area (Å²) in [5.74, 6) is -0.0616. The molecule has 0 bridgehead atoms. The van der Waals surface area contributed by atoms with Crippen LogP contribution in [0.4, 0.5) is 17.1 Å². The number of carbonyl (C=O) groups excluding carboxylic acids is 1. The van der Waals surface area contributed by atoms with Crippen molar-refractivity contribution in [2.75, 3.05) is 10.2 Å². The number of para-hydroxylation sites is 2. The van der Waals surface area contributed by atoms with Gasteiger partial charge >= 0.3 is 0 Å². The lowest BCUT2D eigenvalue weighted by Gasteiger charge is -2.36. The standard InChI is InChI=1S/C27H20N4OS2/c1-17(31-21-8-2-4-10-23(21)33-24-11-5-3-9-22(24)31)25(32)29-19-14-12-18(13-15-19)26-30-20-7-6-16-28-27(20)34-26/h2-17H,1H3,(H,29,32). The van der Waals surface area contributed by atoms with E-state index in [1.165, 1.54) is 0 Å². The highest BCUT2D eigenvalue weighted by Gasteiger charge is 2.30. The lowest BCUT2D eigenvalue weighted by Crippen LogP contribution is -2.40. The fraction of sp³-hybridized carbons (Fsp3) is 0.0741. The van der Waals surface area contributed by atoms with E-state index < -0.39 is 6.04 Å². The maximum absolute atomic E-state index is 13.3. The van der Waals surface area contributed by atoms with Gasteiger partial charge in [0.25, 0.3) is 0 Å². The molecule has 0 saturated heterocycles. The third-order valence-electron chi connectivity index (χ3n) is 5.80. The van der Waals surface area contributed by atoms with Crippen molar-refractivity contribution in [1.82, 2.24) is 9.97 Å². The van der Waals surface area contributed by atoms with Crippen molar-refractivity contribution < 1.29 is 4.79 Å². The minimum Gasteiger partial charge on any atom is -0.327 e. The smallest absolute Gasteiger partial charge is 0.247 e. The summed E-state index contributed by atoms with van der Waals surface area (Å²) < 4.78 is 0.